The van der Waals surface area contributed by atoms with Gasteiger partial charge in [-0.25, -0.2) is 0 Å². The molecule has 3 atom stereocenters. The lowest BCUT2D eigenvalue weighted by Crippen LogP contribution is -2.24. The van der Waals surface area contributed by atoms with E-state index in [4.69, 9.17) is 19.7 Å². The summed E-state index contributed by atoms with van der Waals surface area (Å²) < 4.78 is 10.5. The molecule has 80 valence electrons. The second-order valence-corrected chi connectivity index (χ2v) is 3.32. The van der Waals surface area contributed by atoms with E-state index in [1.54, 1.807) is 13.8 Å². The number of hydrogen-bond acceptors (Lipinski definition) is 4. The van der Waals surface area contributed by atoms with Gasteiger partial charge < -0.3 is 19.7 Å². The van der Waals surface area contributed by atoms with Crippen molar-refractivity contribution in [2.45, 2.75) is 39.1 Å². The molecular weight excluding hydrogens is 172 g/mol. The minimum absolute atomic E-state index is 0.0170. The first-order chi connectivity index (χ1) is 6.06. The van der Waals surface area contributed by atoms with E-state index in [1.165, 1.54) is 0 Å². The molecule has 0 unspecified atom stereocenters. The molecule has 0 saturated carbocycles. The highest BCUT2D eigenvalue weighted by molar-refractivity contribution is 4.52. The van der Waals surface area contributed by atoms with Crippen LogP contribution in [0, 0.1) is 0 Å². The Morgan fingerprint density at radius 2 is 1.54 bits per heavy atom. The third-order valence-electron chi connectivity index (χ3n) is 1.49. The van der Waals surface area contributed by atoms with Crippen LogP contribution < -0.4 is 0 Å². The van der Waals surface area contributed by atoms with Gasteiger partial charge in [-0.2, -0.15) is 0 Å². The number of rotatable bonds is 7. The molecule has 0 aromatic carbocycles. The number of aliphatic hydroxyl groups excluding tert-OH is 2. The second kappa shape index (κ2) is 7.26. The van der Waals surface area contributed by atoms with Gasteiger partial charge in [-0.05, 0) is 20.8 Å². The van der Waals surface area contributed by atoms with Crippen molar-refractivity contribution < 1.29 is 19.7 Å². The summed E-state index contributed by atoms with van der Waals surface area (Å²) in [5.74, 6) is 0. The van der Waals surface area contributed by atoms with Gasteiger partial charge in [0, 0.05) is 0 Å². The van der Waals surface area contributed by atoms with E-state index < -0.39 is 6.10 Å². The van der Waals surface area contributed by atoms with Gasteiger partial charge in [0.15, 0.2) is 0 Å². The molecule has 0 amide bonds. The Morgan fingerprint density at radius 1 is 1.00 bits per heavy atom. The van der Waals surface area contributed by atoms with Crippen LogP contribution in [-0.2, 0) is 9.47 Å². The molecule has 4 nitrogen and oxygen atoms in total. The summed E-state index contributed by atoms with van der Waals surface area (Å²) in [5, 5.41) is 17.6. The van der Waals surface area contributed by atoms with Gasteiger partial charge in [-0.15, -0.1) is 0 Å². The van der Waals surface area contributed by atoms with Gasteiger partial charge in [-0.1, -0.05) is 0 Å². The Hall–Kier alpha value is -0.160. The lowest BCUT2D eigenvalue weighted by atomic mass is 10.4. The average Bonchev–Trinajstić information content (AvgIpc) is 2.10. The summed E-state index contributed by atoms with van der Waals surface area (Å²) >= 11 is 0. The molecule has 0 aromatic heterocycles. The Morgan fingerprint density at radius 3 is 2.00 bits per heavy atom. The summed E-state index contributed by atoms with van der Waals surface area (Å²) in [6.07, 6.45) is -0.654. The summed E-state index contributed by atoms with van der Waals surface area (Å²) in [6, 6.07) is 0. The van der Waals surface area contributed by atoms with Crippen LogP contribution >= 0.6 is 0 Å². The second-order valence-electron chi connectivity index (χ2n) is 3.32. The summed E-state index contributed by atoms with van der Waals surface area (Å²) in [5.41, 5.74) is 0. The minimum Gasteiger partial charge on any atom is -0.394 e. The number of hydrogen-bond donors (Lipinski definition) is 2. The van der Waals surface area contributed by atoms with Crippen molar-refractivity contribution in [2.75, 3.05) is 19.8 Å². The molecule has 0 saturated heterocycles. The Kier molecular flexibility index (Phi) is 7.17. The predicted molar refractivity (Wildman–Crippen MR) is 49.6 cm³/mol. The fourth-order valence-electron chi connectivity index (χ4n) is 0.704. The van der Waals surface area contributed by atoms with Gasteiger partial charge >= 0.3 is 0 Å². The first kappa shape index (κ1) is 12.8. The van der Waals surface area contributed by atoms with Gasteiger partial charge in [0.05, 0.1) is 38.1 Å². The van der Waals surface area contributed by atoms with Crippen molar-refractivity contribution in [1.29, 1.82) is 0 Å². The molecular formula is C9H20O4. The van der Waals surface area contributed by atoms with Crippen LogP contribution in [0.15, 0.2) is 0 Å². The molecule has 0 aliphatic rings. The van der Waals surface area contributed by atoms with Crippen LogP contribution in [0.5, 0.6) is 0 Å². The van der Waals surface area contributed by atoms with Crippen molar-refractivity contribution in [2.24, 2.45) is 0 Å². The lowest BCUT2D eigenvalue weighted by molar-refractivity contribution is -0.0620. The monoisotopic (exact) mass is 192 g/mol. The fourth-order valence-corrected chi connectivity index (χ4v) is 0.704. The summed E-state index contributed by atoms with van der Waals surface area (Å²) in [7, 11) is 0. The lowest BCUT2D eigenvalue weighted by Gasteiger charge is -2.16. The molecule has 0 heterocycles. The Balaban J connectivity index is 3.34. The van der Waals surface area contributed by atoms with Crippen molar-refractivity contribution in [3.63, 3.8) is 0 Å². The standard InChI is InChI=1S/C9H20O4/c1-7(11)5-12-9(3)6-13-8(2)4-10/h7-11H,4-6H2,1-3H3/t7-,8+,9+/m1/s1. The van der Waals surface area contributed by atoms with E-state index >= 15 is 0 Å². The molecule has 4 heteroatoms. The normalized spacial score (nSPS) is 18.2. The third kappa shape index (κ3) is 8.18. The smallest absolute Gasteiger partial charge is 0.0781 e. The zero-order chi connectivity index (χ0) is 10.3. The summed E-state index contributed by atoms with van der Waals surface area (Å²) in [6.45, 7) is 6.10. The maximum atomic E-state index is 8.92. The van der Waals surface area contributed by atoms with Gasteiger partial charge in [0.25, 0.3) is 0 Å². The predicted octanol–water partition coefficient (Wildman–Crippen LogP) is 0.170. The van der Waals surface area contributed by atoms with Crippen LogP contribution in [0.4, 0.5) is 0 Å². The van der Waals surface area contributed by atoms with Gasteiger partial charge in [-0.3, -0.25) is 0 Å². The molecule has 0 rings (SSSR count). The van der Waals surface area contributed by atoms with Crippen LogP contribution in [0.2, 0.25) is 0 Å². The maximum absolute atomic E-state index is 8.92. The first-order valence-corrected chi connectivity index (χ1v) is 4.58. The highest BCUT2D eigenvalue weighted by Gasteiger charge is 2.06. The fraction of sp³-hybridized carbons (Fsp3) is 1.00. The van der Waals surface area contributed by atoms with E-state index in [0.717, 1.165) is 0 Å². The maximum Gasteiger partial charge on any atom is 0.0781 e. The largest absolute Gasteiger partial charge is 0.394 e. The van der Waals surface area contributed by atoms with Gasteiger partial charge in [0.1, 0.15) is 0 Å². The van der Waals surface area contributed by atoms with Crippen LogP contribution in [-0.4, -0.2) is 48.3 Å². The zero-order valence-electron chi connectivity index (χ0n) is 8.56. The van der Waals surface area contributed by atoms with E-state index in [0.29, 0.717) is 13.2 Å². The third-order valence-corrected chi connectivity index (χ3v) is 1.49. The van der Waals surface area contributed by atoms with Crippen molar-refractivity contribution in [3.05, 3.63) is 0 Å². The van der Waals surface area contributed by atoms with E-state index in [1.807, 2.05) is 6.92 Å². The van der Waals surface area contributed by atoms with E-state index in [-0.39, 0.29) is 18.8 Å². The average molecular weight is 192 g/mol. The first-order valence-electron chi connectivity index (χ1n) is 4.58. The van der Waals surface area contributed by atoms with Crippen LogP contribution in [0.25, 0.3) is 0 Å². The van der Waals surface area contributed by atoms with E-state index in [9.17, 15) is 0 Å². The molecule has 0 aliphatic heterocycles. The van der Waals surface area contributed by atoms with Crippen molar-refractivity contribution in [3.8, 4) is 0 Å². The molecule has 0 radical (unpaired) electrons. The van der Waals surface area contributed by atoms with Crippen LogP contribution in [0.3, 0.4) is 0 Å². The quantitative estimate of drug-likeness (QED) is 0.603. The van der Waals surface area contributed by atoms with Crippen molar-refractivity contribution in [1.82, 2.24) is 0 Å². The highest BCUT2D eigenvalue weighted by Crippen LogP contribution is 1.97. The molecule has 13 heavy (non-hydrogen) atoms. The van der Waals surface area contributed by atoms with E-state index in [2.05, 4.69) is 0 Å². The minimum atomic E-state index is -0.447. The Bertz CT molecular complexity index is 116. The SMILES string of the molecule is C[C@@H](O)CO[C@@H](C)CO[C@@H](C)CO. The summed E-state index contributed by atoms with van der Waals surface area (Å²) in [4.78, 5) is 0. The zero-order valence-corrected chi connectivity index (χ0v) is 8.56. The Labute approximate surface area is 79.5 Å². The molecule has 0 aromatic rings. The topological polar surface area (TPSA) is 58.9 Å². The number of aliphatic hydroxyl groups is 2. The molecule has 0 fully saturated rings. The molecule has 0 aliphatic carbocycles. The molecule has 0 bridgehead atoms. The van der Waals surface area contributed by atoms with Crippen LogP contribution in [0.1, 0.15) is 20.8 Å². The molecule has 2 N–H and O–H groups in total. The molecule has 0 spiro atoms. The van der Waals surface area contributed by atoms with Gasteiger partial charge in [0.2, 0.25) is 0 Å². The number of ether oxygens (including phenoxy) is 2. The van der Waals surface area contributed by atoms with Crippen molar-refractivity contribution >= 4 is 0 Å². The highest BCUT2D eigenvalue weighted by atomic mass is 16.5.